The number of carboxylic acid groups (broad SMARTS) is 1. The molecule has 1 saturated heterocycles. The van der Waals surface area contributed by atoms with E-state index in [1.165, 1.54) is 11.8 Å². The van der Waals surface area contributed by atoms with Crippen molar-refractivity contribution in [3.05, 3.63) is 27.8 Å². The first-order chi connectivity index (χ1) is 11.3. The lowest BCUT2D eigenvalue weighted by atomic mass is 10.1. The van der Waals surface area contributed by atoms with Gasteiger partial charge in [-0.25, -0.2) is 4.79 Å². The van der Waals surface area contributed by atoms with E-state index in [0.717, 1.165) is 4.90 Å². The number of hydrogen-bond donors (Lipinski definition) is 3. The Bertz CT molecular complexity index is 678. The molecule has 0 bridgehead atoms. The van der Waals surface area contributed by atoms with Gasteiger partial charge in [0, 0.05) is 5.75 Å². The number of β-lactam (4-membered cyclic amide) rings is 1. The van der Waals surface area contributed by atoms with Crippen molar-refractivity contribution in [1.29, 1.82) is 0 Å². The number of halogens is 1. The van der Waals surface area contributed by atoms with Gasteiger partial charge in [0.15, 0.2) is 0 Å². The number of carbonyl (C=O) groups is 3. The highest BCUT2D eigenvalue weighted by Gasteiger charge is 2.53. The molecule has 2 rings (SSSR count). The van der Waals surface area contributed by atoms with E-state index in [4.69, 9.17) is 5.11 Å². The van der Waals surface area contributed by atoms with Crippen molar-refractivity contribution in [2.75, 3.05) is 11.1 Å². The summed E-state index contributed by atoms with van der Waals surface area (Å²) in [6.45, 7) is 1.63. The Balaban J connectivity index is 2.15. The number of amides is 2. The molecule has 0 aromatic rings. The summed E-state index contributed by atoms with van der Waals surface area (Å²) in [5.41, 5.74) is -0.156. The van der Waals surface area contributed by atoms with E-state index in [2.05, 4.69) is 31.2 Å². The Morgan fingerprint density at radius 1 is 1.50 bits per heavy atom. The van der Waals surface area contributed by atoms with E-state index < -0.39 is 40.8 Å². The third-order valence-electron chi connectivity index (χ3n) is 3.27. The molecule has 3 N–H and O–H groups in total. The van der Waals surface area contributed by atoms with Crippen LogP contribution in [0.2, 0.25) is 0 Å². The summed E-state index contributed by atoms with van der Waals surface area (Å²) in [7, 11) is 0. The van der Waals surface area contributed by atoms with E-state index in [1.54, 1.807) is 6.92 Å². The standard InChI is InChI=1S/C12H12BrN3O7S/c1-4-3-24-11-7(9(19)16(11)10(4)23-12(20)21)14-8(18)6(15-22)5(17)2-13/h7,11,17H,2-3H2,1H3,(H,14,18)(H,20,21)/t7-,11-/m1/s1. The van der Waals surface area contributed by atoms with Crippen molar-refractivity contribution >= 4 is 45.7 Å². The minimum absolute atomic E-state index is 0.0747. The molecule has 0 aromatic heterocycles. The van der Waals surface area contributed by atoms with E-state index in [-0.39, 0.29) is 11.2 Å². The number of nitrogens with one attached hydrogen (secondary N) is 1. The fourth-order valence-corrected chi connectivity index (χ4v) is 3.71. The van der Waals surface area contributed by atoms with Gasteiger partial charge >= 0.3 is 6.16 Å². The van der Waals surface area contributed by atoms with Gasteiger partial charge in [-0.3, -0.25) is 14.5 Å². The number of thioether (sulfide) groups is 1. The third kappa shape index (κ3) is 3.24. The fourth-order valence-electron chi connectivity index (χ4n) is 2.18. The minimum atomic E-state index is -1.55. The van der Waals surface area contributed by atoms with Gasteiger partial charge in [0.1, 0.15) is 17.2 Å². The molecule has 2 atom stereocenters. The number of allylic oxidation sites excluding steroid dienone is 1. The zero-order valence-electron chi connectivity index (χ0n) is 12.2. The Labute approximate surface area is 148 Å². The summed E-state index contributed by atoms with van der Waals surface area (Å²) in [5, 5.41) is 22.2. The molecule has 0 unspecified atom stereocenters. The quantitative estimate of drug-likeness (QED) is 0.150. The fraction of sp³-hybridized carbons (Fsp3) is 0.417. The Morgan fingerprint density at radius 2 is 2.17 bits per heavy atom. The first-order valence-corrected chi connectivity index (χ1v) is 8.66. The molecule has 0 aliphatic carbocycles. The van der Waals surface area contributed by atoms with Crippen LogP contribution in [0.3, 0.4) is 0 Å². The largest absolute Gasteiger partial charge is 0.512 e. The molecule has 0 saturated carbocycles. The Kier molecular flexibility index (Phi) is 5.49. The van der Waals surface area contributed by atoms with E-state index in [1.807, 2.05) is 0 Å². The maximum Gasteiger partial charge on any atom is 0.512 e. The molecule has 0 radical (unpaired) electrons. The number of hydrogen-bond acceptors (Lipinski definition) is 8. The smallest absolute Gasteiger partial charge is 0.509 e. The number of rotatable bonds is 5. The zero-order chi connectivity index (χ0) is 18.0. The second kappa shape index (κ2) is 7.21. The van der Waals surface area contributed by atoms with Crippen molar-refractivity contribution < 1.29 is 29.3 Å². The molecule has 0 spiro atoms. The van der Waals surface area contributed by atoms with Crippen molar-refractivity contribution in [2.45, 2.75) is 18.3 Å². The molecular formula is C12H12BrN3O7S. The second-order valence-corrected chi connectivity index (χ2v) is 6.50. The first-order valence-electron chi connectivity index (χ1n) is 6.49. The number of aliphatic hydroxyl groups is 1. The SMILES string of the molecule is CC1=C(OC(=O)O)N2C(=O)[C@@H](NC(=O)C(N=O)=C(O)CBr)[C@H]2SC1. The van der Waals surface area contributed by atoms with E-state index in [0.29, 0.717) is 11.3 Å². The number of ether oxygens (including phenoxy) is 1. The lowest BCUT2D eigenvalue weighted by Gasteiger charge is -2.48. The van der Waals surface area contributed by atoms with Crippen molar-refractivity contribution in [2.24, 2.45) is 5.18 Å². The summed E-state index contributed by atoms with van der Waals surface area (Å²) in [4.78, 5) is 46.7. The van der Waals surface area contributed by atoms with Crippen LogP contribution in [0.1, 0.15) is 6.92 Å². The van der Waals surface area contributed by atoms with Crippen molar-refractivity contribution in [3.8, 4) is 0 Å². The van der Waals surface area contributed by atoms with Crippen LogP contribution in [-0.2, 0) is 14.3 Å². The summed E-state index contributed by atoms with van der Waals surface area (Å²) in [6, 6.07) is -0.983. The van der Waals surface area contributed by atoms with Gasteiger partial charge in [-0.2, -0.15) is 0 Å². The summed E-state index contributed by atoms with van der Waals surface area (Å²) < 4.78 is 4.64. The highest BCUT2D eigenvalue weighted by molar-refractivity contribution is 9.09. The third-order valence-corrected chi connectivity index (χ3v) is 5.23. The predicted octanol–water partition coefficient (Wildman–Crippen LogP) is 1.24. The Hall–Kier alpha value is -2.08. The molecule has 2 aliphatic rings. The number of nitrogens with zero attached hydrogens (tertiary/aromatic N) is 2. The number of nitroso groups, excluding NO2 is 1. The molecule has 2 amide bonds. The lowest BCUT2D eigenvalue weighted by molar-refractivity contribution is -0.148. The van der Waals surface area contributed by atoms with E-state index >= 15 is 0 Å². The van der Waals surface area contributed by atoms with Crippen LogP contribution >= 0.6 is 27.7 Å². The molecule has 130 valence electrons. The molecule has 1 fully saturated rings. The van der Waals surface area contributed by atoms with Crippen LogP contribution in [0.5, 0.6) is 0 Å². The summed E-state index contributed by atoms with van der Waals surface area (Å²) >= 11 is 4.18. The van der Waals surface area contributed by atoms with Crippen LogP contribution in [0.25, 0.3) is 0 Å². The number of alkyl halides is 1. The topological polar surface area (TPSA) is 146 Å². The summed E-state index contributed by atoms with van der Waals surface area (Å²) in [6.07, 6.45) is -1.55. The van der Waals surface area contributed by atoms with Gasteiger partial charge in [0.25, 0.3) is 11.8 Å². The highest BCUT2D eigenvalue weighted by atomic mass is 79.9. The van der Waals surface area contributed by atoms with Crippen LogP contribution in [0.15, 0.2) is 28.1 Å². The molecular weight excluding hydrogens is 410 g/mol. The average molecular weight is 422 g/mol. The average Bonchev–Trinajstić information content (AvgIpc) is 2.54. The van der Waals surface area contributed by atoms with Gasteiger partial charge in [0.05, 0.1) is 5.33 Å². The molecule has 10 nitrogen and oxygen atoms in total. The monoisotopic (exact) mass is 421 g/mol. The molecule has 24 heavy (non-hydrogen) atoms. The van der Waals surface area contributed by atoms with Gasteiger partial charge < -0.3 is 20.3 Å². The molecule has 2 aliphatic heterocycles. The van der Waals surface area contributed by atoms with Crippen LogP contribution in [0, 0.1) is 4.91 Å². The minimum Gasteiger partial charge on any atom is -0.509 e. The Morgan fingerprint density at radius 3 is 2.71 bits per heavy atom. The van der Waals surface area contributed by atoms with Crippen molar-refractivity contribution in [3.63, 3.8) is 0 Å². The predicted molar refractivity (Wildman–Crippen MR) is 86.1 cm³/mol. The molecule has 12 heteroatoms. The normalized spacial score (nSPS) is 23.8. The van der Waals surface area contributed by atoms with Gasteiger partial charge in [0.2, 0.25) is 11.6 Å². The lowest BCUT2D eigenvalue weighted by Crippen LogP contribution is -2.70. The second-order valence-electron chi connectivity index (χ2n) is 4.83. The first kappa shape index (κ1) is 18.3. The maximum absolute atomic E-state index is 12.2. The van der Waals surface area contributed by atoms with Gasteiger partial charge in [-0.1, -0.05) is 15.9 Å². The number of aliphatic hydroxyl groups excluding tert-OH is 1. The zero-order valence-corrected chi connectivity index (χ0v) is 14.6. The van der Waals surface area contributed by atoms with Gasteiger partial charge in [-0.05, 0) is 17.7 Å². The molecule has 2 heterocycles. The van der Waals surface area contributed by atoms with Crippen LogP contribution < -0.4 is 5.32 Å². The summed E-state index contributed by atoms with van der Waals surface area (Å²) in [5.74, 6) is -1.81. The van der Waals surface area contributed by atoms with Crippen molar-refractivity contribution in [1.82, 2.24) is 10.2 Å². The number of fused-ring (bicyclic) bond motifs is 1. The maximum atomic E-state index is 12.2. The van der Waals surface area contributed by atoms with Crippen LogP contribution in [-0.4, -0.2) is 55.6 Å². The van der Waals surface area contributed by atoms with E-state index in [9.17, 15) is 24.4 Å². The number of carbonyl (C=O) groups excluding carboxylic acids is 2. The van der Waals surface area contributed by atoms with Gasteiger partial charge in [-0.15, -0.1) is 16.7 Å². The van der Waals surface area contributed by atoms with Crippen LogP contribution in [0.4, 0.5) is 4.79 Å². The highest BCUT2D eigenvalue weighted by Crippen LogP contribution is 2.40. The molecule has 0 aromatic carbocycles.